The predicted molar refractivity (Wildman–Crippen MR) is 50.4 cm³/mol. The Hall–Kier alpha value is -0.960. The van der Waals surface area contributed by atoms with Crippen molar-refractivity contribution < 1.29 is 14.7 Å². The van der Waals surface area contributed by atoms with Crippen LogP contribution in [0.4, 0.5) is 0 Å². The Morgan fingerprint density at radius 3 is 2.62 bits per heavy atom. The van der Waals surface area contributed by atoms with E-state index in [1.54, 1.807) is 19.1 Å². The summed E-state index contributed by atoms with van der Waals surface area (Å²) in [5, 5.41) is 9.20. The van der Waals surface area contributed by atoms with Crippen LogP contribution >= 0.6 is 0 Å². The second-order valence-electron chi connectivity index (χ2n) is 2.79. The van der Waals surface area contributed by atoms with E-state index >= 15 is 0 Å². The molecule has 1 unspecified atom stereocenters. The van der Waals surface area contributed by atoms with Crippen LogP contribution in [0, 0.1) is 0 Å². The highest BCUT2D eigenvalue weighted by Gasteiger charge is 2.09. The third kappa shape index (κ3) is 6.22. The van der Waals surface area contributed by atoms with Crippen LogP contribution in [0.2, 0.25) is 0 Å². The zero-order chi connectivity index (χ0) is 10.1. The maximum atomic E-state index is 10.9. The predicted octanol–water partition coefficient (Wildman–Crippen LogP) is 1.25. The Bertz CT molecular complexity index is 185. The monoisotopic (exact) mass is 184 g/mol. The SMILES string of the molecule is CCC(=O)C(O)C/C=C\CCC=O. The van der Waals surface area contributed by atoms with Crippen LogP contribution in [0.15, 0.2) is 12.2 Å². The first-order valence-electron chi connectivity index (χ1n) is 4.51. The highest BCUT2D eigenvalue weighted by Crippen LogP contribution is 1.99. The highest BCUT2D eigenvalue weighted by atomic mass is 16.3. The van der Waals surface area contributed by atoms with Gasteiger partial charge >= 0.3 is 0 Å². The lowest BCUT2D eigenvalue weighted by Gasteiger charge is -2.03. The molecule has 74 valence electrons. The number of hydrogen-bond donors (Lipinski definition) is 1. The lowest BCUT2D eigenvalue weighted by molar-refractivity contribution is -0.126. The van der Waals surface area contributed by atoms with Gasteiger partial charge in [0.2, 0.25) is 0 Å². The summed E-state index contributed by atoms with van der Waals surface area (Å²) in [5.41, 5.74) is 0. The lowest BCUT2D eigenvalue weighted by atomic mass is 10.1. The van der Waals surface area contributed by atoms with Gasteiger partial charge in [0.05, 0.1) is 0 Å². The summed E-state index contributed by atoms with van der Waals surface area (Å²) in [6, 6.07) is 0. The molecule has 0 radical (unpaired) electrons. The second kappa shape index (κ2) is 7.68. The maximum absolute atomic E-state index is 10.9. The van der Waals surface area contributed by atoms with Crippen molar-refractivity contribution >= 4 is 12.1 Å². The highest BCUT2D eigenvalue weighted by molar-refractivity contribution is 5.82. The van der Waals surface area contributed by atoms with Crippen LogP contribution in [0.25, 0.3) is 0 Å². The van der Waals surface area contributed by atoms with E-state index in [-0.39, 0.29) is 5.78 Å². The van der Waals surface area contributed by atoms with Gasteiger partial charge in [0.25, 0.3) is 0 Å². The van der Waals surface area contributed by atoms with Gasteiger partial charge < -0.3 is 9.90 Å². The molecule has 0 aromatic rings. The third-order valence-corrected chi connectivity index (χ3v) is 1.70. The molecule has 3 heteroatoms. The molecule has 0 heterocycles. The van der Waals surface area contributed by atoms with Crippen LogP contribution in [0.3, 0.4) is 0 Å². The van der Waals surface area contributed by atoms with Crippen LogP contribution < -0.4 is 0 Å². The molecule has 13 heavy (non-hydrogen) atoms. The summed E-state index contributed by atoms with van der Waals surface area (Å²) in [4.78, 5) is 20.8. The van der Waals surface area contributed by atoms with Crippen LogP contribution in [-0.4, -0.2) is 23.3 Å². The van der Waals surface area contributed by atoms with Gasteiger partial charge in [-0.15, -0.1) is 0 Å². The fraction of sp³-hybridized carbons (Fsp3) is 0.600. The zero-order valence-electron chi connectivity index (χ0n) is 7.90. The van der Waals surface area contributed by atoms with Crippen LogP contribution in [0.1, 0.15) is 32.6 Å². The number of rotatable bonds is 7. The summed E-state index contributed by atoms with van der Waals surface area (Å²) >= 11 is 0. The van der Waals surface area contributed by atoms with Crippen LogP contribution in [0.5, 0.6) is 0 Å². The third-order valence-electron chi connectivity index (χ3n) is 1.70. The number of aliphatic hydroxyl groups excluding tert-OH is 1. The van der Waals surface area contributed by atoms with Crippen molar-refractivity contribution in [3.63, 3.8) is 0 Å². The molecule has 3 nitrogen and oxygen atoms in total. The minimum atomic E-state index is -0.877. The van der Waals surface area contributed by atoms with E-state index in [1.807, 2.05) is 0 Å². The zero-order valence-corrected chi connectivity index (χ0v) is 7.90. The van der Waals surface area contributed by atoms with Gasteiger partial charge in [0, 0.05) is 12.8 Å². The van der Waals surface area contributed by atoms with Gasteiger partial charge in [-0.1, -0.05) is 19.1 Å². The number of aldehydes is 1. The van der Waals surface area contributed by atoms with E-state index in [4.69, 9.17) is 0 Å². The van der Waals surface area contributed by atoms with Crippen LogP contribution in [-0.2, 0) is 9.59 Å². The number of carbonyl (C=O) groups excluding carboxylic acids is 2. The summed E-state index contributed by atoms with van der Waals surface area (Å²) in [6.07, 6.45) is 5.40. The molecule has 0 fully saturated rings. The van der Waals surface area contributed by atoms with Gasteiger partial charge in [0.1, 0.15) is 12.4 Å². The Labute approximate surface area is 78.5 Å². The van der Waals surface area contributed by atoms with E-state index in [0.29, 0.717) is 25.7 Å². The number of Topliss-reactive ketones (excluding diaryl/α,β-unsaturated/α-hetero) is 1. The quantitative estimate of drug-likeness (QED) is 0.368. The van der Waals surface area contributed by atoms with Crippen molar-refractivity contribution in [2.75, 3.05) is 0 Å². The minimum absolute atomic E-state index is 0.139. The molecule has 1 N–H and O–H groups in total. The minimum Gasteiger partial charge on any atom is -0.385 e. The van der Waals surface area contributed by atoms with Crippen molar-refractivity contribution in [1.29, 1.82) is 0 Å². The van der Waals surface area contributed by atoms with E-state index in [0.717, 1.165) is 6.29 Å². The first-order valence-corrected chi connectivity index (χ1v) is 4.51. The molecular formula is C10H16O3. The lowest BCUT2D eigenvalue weighted by Crippen LogP contribution is -2.17. The topological polar surface area (TPSA) is 54.4 Å². The molecule has 0 aliphatic carbocycles. The fourth-order valence-electron chi connectivity index (χ4n) is 0.874. The number of aliphatic hydroxyl groups is 1. The van der Waals surface area contributed by atoms with E-state index < -0.39 is 6.10 Å². The van der Waals surface area contributed by atoms with Gasteiger partial charge in [-0.25, -0.2) is 0 Å². The summed E-state index contributed by atoms with van der Waals surface area (Å²) < 4.78 is 0. The van der Waals surface area contributed by atoms with Gasteiger partial charge in [-0.05, 0) is 12.8 Å². The normalized spacial score (nSPS) is 13.1. The Kier molecular flexibility index (Phi) is 7.11. The Morgan fingerprint density at radius 1 is 1.38 bits per heavy atom. The molecule has 0 bridgehead atoms. The summed E-state index contributed by atoms with van der Waals surface area (Å²) in [6.45, 7) is 1.72. The van der Waals surface area contributed by atoms with Crippen molar-refractivity contribution in [1.82, 2.24) is 0 Å². The smallest absolute Gasteiger partial charge is 0.161 e. The largest absolute Gasteiger partial charge is 0.385 e. The molecule has 0 amide bonds. The average molecular weight is 184 g/mol. The maximum Gasteiger partial charge on any atom is 0.161 e. The van der Waals surface area contributed by atoms with Crippen molar-refractivity contribution in [2.45, 2.75) is 38.7 Å². The first-order chi connectivity index (χ1) is 6.22. The Balaban J connectivity index is 3.56. The van der Waals surface area contributed by atoms with Gasteiger partial charge in [0.15, 0.2) is 5.78 Å². The number of allylic oxidation sites excluding steroid dienone is 1. The molecule has 0 aliphatic heterocycles. The molecular weight excluding hydrogens is 168 g/mol. The van der Waals surface area contributed by atoms with Crippen molar-refractivity contribution in [3.05, 3.63) is 12.2 Å². The van der Waals surface area contributed by atoms with E-state index in [2.05, 4.69) is 0 Å². The molecule has 0 saturated heterocycles. The molecule has 0 aromatic heterocycles. The van der Waals surface area contributed by atoms with Gasteiger partial charge in [-0.2, -0.15) is 0 Å². The first kappa shape index (κ1) is 12.0. The fourth-order valence-corrected chi connectivity index (χ4v) is 0.874. The van der Waals surface area contributed by atoms with E-state index in [9.17, 15) is 14.7 Å². The number of unbranched alkanes of at least 4 members (excludes halogenated alkanes) is 1. The molecule has 1 atom stereocenters. The number of hydrogen-bond acceptors (Lipinski definition) is 3. The van der Waals surface area contributed by atoms with E-state index in [1.165, 1.54) is 0 Å². The molecule has 0 aromatic carbocycles. The number of carbonyl (C=O) groups is 2. The second-order valence-corrected chi connectivity index (χ2v) is 2.79. The number of ketones is 1. The molecule has 0 aliphatic rings. The van der Waals surface area contributed by atoms with Crippen molar-refractivity contribution in [3.8, 4) is 0 Å². The van der Waals surface area contributed by atoms with Gasteiger partial charge in [-0.3, -0.25) is 4.79 Å². The molecule has 0 rings (SSSR count). The standard InChI is InChI=1S/C10H16O3/c1-2-9(12)10(13)7-5-3-4-6-8-11/h3,5,8,10,13H,2,4,6-7H2,1H3/b5-3-. The summed E-state index contributed by atoms with van der Waals surface area (Å²) in [7, 11) is 0. The molecule has 0 saturated carbocycles. The Morgan fingerprint density at radius 2 is 2.08 bits per heavy atom. The molecule has 0 spiro atoms. The summed E-state index contributed by atoms with van der Waals surface area (Å²) in [5.74, 6) is -0.139. The van der Waals surface area contributed by atoms with Crippen molar-refractivity contribution in [2.24, 2.45) is 0 Å². The average Bonchev–Trinajstić information content (AvgIpc) is 2.16.